The van der Waals surface area contributed by atoms with Crippen LogP contribution in [0.1, 0.15) is 56.6 Å². The zero-order valence-electron chi connectivity index (χ0n) is 18.0. The first-order valence-corrected chi connectivity index (χ1v) is 11.0. The maximum Gasteiger partial charge on any atom is 0.170 e. The van der Waals surface area contributed by atoms with Gasteiger partial charge in [0.2, 0.25) is 0 Å². The first-order chi connectivity index (χ1) is 15.0. The predicted molar refractivity (Wildman–Crippen MR) is 123 cm³/mol. The molecule has 0 aliphatic heterocycles. The molecule has 3 aromatic rings. The van der Waals surface area contributed by atoms with Crippen LogP contribution in [0.5, 0.6) is 0 Å². The fraction of sp³-hybridized carbons (Fsp3) is 0.286. The van der Waals surface area contributed by atoms with Crippen LogP contribution in [0.4, 0.5) is 13.2 Å². The van der Waals surface area contributed by atoms with Crippen LogP contribution in [-0.2, 0) is 0 Å². The van der Waals surface area contributed by atoms with Gasteiger partial charge in [-0.05, 0) is 73.9 Å². The Balaban J connectivity index is 1.64. The van der Waals surface area contributed by atoms with Crippen molar-refractivity contribution in [2.24, 2.45) is 5.92 Å². The highest BCUT2D eigenvalue weighted by atomic mass is 19.2. The number of hydrogen-bond donors (Lipinski definition) is 0. The molecule has 0 unspecified atom stereocenters. The first kappa shape index (κ1) is 21.4. The van der Waals surface area contributed by atoms with Crippen molar-refractivity contribution >= 4 is 16.8 Å². The Labute approximate surface area is 182 Å². The van der Waals surface area contributed by atoms with Gasteiger partial charge in [0, 0.05) is 11.1 Å². The van der Waals surface area contributed by atoms with E-state index in [2.05, 4.69) is 19.1 Å². The summed E-state index contributed by atoms with van der Waals surface area (Å²) >= 11 is 0. The number of fused-ring (bicyclic) bond motifs is 1. The monoisotopic (exact) mass is 420 g/mol. The van der Waals surface area contributed by atoms with Gasteiger partial charge >= 0.3 is 0 Å². The minimum atomic E-state index is -1.14. The first-order valence-electron chi connectivity index (χ1n) is 11.0. The van der Waals surface area contributed by atoms with Crippen molar-refractivity contribution in [3.8, 4) is 11.1 Å². The minimum absolute atomic E-state index is 0.119. The number of hydrogen-bond acceptors (Lipinski definition) is 0. The summed E-state index contributed by atoms with van der Waals surface area (Å²) < 4.78 is 44.3. The number of rotatable bonds is 4. The van der Waals surface area contributed by atoms with Gasteiger partial charge in [-0.1, -0.05) is 60.7 Å². The molecule has 0 heterocycles. The molecule has 3 heteroatoms. The van der Waals surface area contributed by atoms with Crippen LogP contribution < -0.4 is 0 Å². The fourth-order valence-electron chi connectivity index (χ4n) is 4.78. The minimum Gasteiger partial charge on any atom is -0.206 e. The van der Waals surface area contributed by atoms with E-state index in [1.807, 2.05) is 24.3 Å². The molecule has 0 amide bonds. The van der Waals surface area contributed by atoms with Crippen molar-refractivity contribution in [3.05, 3.63) is 89.3 Å². The summed E-state index contributed by atoms with van der Waals surface area (Å²) in [6, 6.07) is 12.6. The van der Waals surface area contributed by atoms with E-state index in [0.29, 0.717) is 22.8 Å². The summed E-state index contributed by atoms with van der Waals surface area (Å²) in [6.07, 6.45) is 12.2. The molecule has 0 nitrogen and oxygen atoms in total. The van der Waals surface area contributed by atoms with Crippen molar-refractivity contribution in [1.82, 2.24) is 0 Å². The molecule has 1 saturated carbocycles. The van der Waals surface area contributed by atoms with Gasteiger partial charge in [0.25, 0.3) is 0 Å². The van der Waals surface area contributed by atoms with Crippen LogP contribution in [0.3, 0.4) is 0 Å². The lowest BCUT2D eigenvalue weighted by molar-refractivity contribution is 0.376. The molecule has 160 valence electrons. The molecule has 0 saturated heterocycles. The summed E-state index contributed by atoms with van der Waals surface area (Å²) in [5, 5.41) is 0.0531. The second-order valence-electron chi connectivity index (χ2n) is 8.38. The molecule has 1 fully saturated rings. The van der Waals surface area contributed by atoms with Crippen LogP contribution in [0, 0.1) is 23.4 Å². The largest absolute Gasteiger partial charge is 0.206 e. The summed E-state index contributed by atoms with van der Waals surface area (Å²) in [6.45, 7) is 3.79. The van der Waals surface area contributed by atoms with E-state index in [0.717, 1.165) is 12.8 Å². The maximum atomic E-state index is 15.3. The summed E-state index contributed by atoms with van der Waals surface area (Å²) in [5.41, 5.74) is 2.33. The van der Waals surface area contributed by atoms with Crippen molar-refractivity contribution in [1.29, 1.82) is 0 Å². The van der Waals surface area contributed by atoms with Gasteiger partial charge in [0.1, 0.15) is 5.82 Å². The van der Waals surface area contributed by atoms with E-state index in [1.165, 1.54) is 30.5 Å². The normalized spacial score (nSPS) is 19.6. The Morgan fingerprint density at radius 3 is 2.13 bits per heavy atom. The molecular formula is C28H27F3. The van der Waals surface area contributed by atoms with E-state index in [9.17, 15) is 8.78 Å². The molecule has 3 aromatic carbocycles. The van der Waals surface area contributed by atoms with Crippen LogP contribution >= 0.6 is 0 Å². The Hall–Kier alpha value is -2.81. The third-order valence-electron chi connectivity index (χ3n) is 6.43. The number of benzene rings is 3. The SMILES string of the molecule is C/C=C/c1cc2ccc(-c3ccc(C4CCC(/C=C/C)CC4)cc3)c(F)c2c(F)c1F. The Morgan fingerprint density at radius 2 is 1.48 bits per heavy atom. The highest BCUT2D eigenvalue weighted by Crippen LogP contribution is 2.38. The highest BCUT2D eigenvalue weighted by Gasteiger charge is 2.22. The Bertz CT molecular complexity index is 1130. The van der Waals surface area contributed by atoms with Crippen LogP contribution in [0.15, 0.2) is 60.7 Å². The molecule has 0 N–H and O–H groups in total. The van der Waals surface area contributed by atoms with Gasteiger partial charge in [-0.3, -0.25) is 0 Å². The molecule has 1 aliphatic carbocycles. The fourth-order valence-corrected chi connectivity index (χ4v) is 4.78. The third kappa shape index (κ3) is 4.19. The smallest absolute Gasteiger partial charge is 0.170 e. The maximum absolute atomic E-state index is 15.3. The average molecular weight is 421 g/mol. The number of allylic oxidation sites excluding steroid dienone is 3. The van der Waals surface area contributed by atoms with E-state index < -0.39 is 17.5 Å². The third-order valence-corrected chi connectivity index (χ3v) is 6.43. The second kappa shape index (κ2) is 9.13. The molecule has 0 bridgehead atoms. The van der Waals surface area contributed by atoms with Crippen molar-refractivity contribution < 1.29 is 13.2 Å². The van der Waals surface area contributed by atoms with Crippen LogP contribution in [-0.4, -0.2) is 0 Å². The van der Waals surface area contributed by atoms with Gasteiger partial charge in [-0.15, -0.1) is 0 Å². The molecule has 0 spiro atoms. The summed E-state index contributed by atoms with van der Waals surface area (Å²) in [4.78, 5) is 0. The van der Waals surface area contributed by atoms with Gasteiger partial charge in [0.05, 0.1) is 5.39 Å². The molecule has 0 atom stereocenters. The zero-order valence-corrected chi connectivity index (χ0v) is 18.0. The molecule has 0 radical (unpaired) electrons. The van der Waals surface area contributed by atoms with Gasteiger partial charge in [-0.2, -0.15) is 0 Å². The lowest BCUT2D eigenvalue weighted by Crippen LogP contribution is -2.11. The summed E-state index contributed by atoms with van der Waals surface area (Å²) in [5.74, 6) is -1.69. The van der Waals surface area contributed by atoms with Gasteiger partial charge < -0.3 is 0 Å². The predicted octanol–water partition coefficient (Wildman–Crippen LogP) is 8.81. The van der Waals surface area contributed by atoms with Crippen LogP contribution in [0.2, 0.25) is 0 Å². The van der Waals surface area contributed by atoms with E-state index in [4.69, 9.17) is 0 Å². The Morgan fingerprint density at radius 1 is 0.774 bits per heavy atom. The quantitative estimate of drug-likeness (QED) is 0.370. The van der Waals surface area contributed by atoms with Crippen molar-refractivity contribution in [3.63, 3.8) is 0 Å². The highest BCUT2D eigenvalue weighted by molar-refractivity contribution is 5.90. The molecular weight excluding hydrogens is 393 g/mol. The zero-order chi connectivity index (χ0) is 22.0. The van der Waals surface area contributed by atoms with E-state index in [-0.39, 0.29) is 16.5 Å². The van der Waals surface area contributed by atoms with Gasteiger partial charge in [0.15, 0.2) is 11.6 Å². The molecule has 0 aromatic heterocycles. The van der Waals surface area contributed by atoms with Crippen molar-refractivity contribution in [2.75, 3.05) is 0 Å². The van der Waals surface area contributed by atoms with Gasteiger partial charge in [-0.25, -0.2) is 13.2 Å². The Kier molecular flexibility index (Phi) is 6.31. The van der Waals surface area contributed by atoms with E-state index >= 15 is 4.39 Å². The molecule has 4 rings (SSSR count). The number of halogens is 3. The topological polar surface area (TPSA) is 0 Å². The van der Waals surface area contributed by atoms with E-state index in [1.54, 1.807) is 25.1 Å². The average Bonchev–Trinajstić information content (AvgIpc) is 2.78. The summed E-state index contributed by atoms with van der Waals surface area (Å²) in [7, 11) is 0. The molecule has 1 aliphatic rings. The van der Waals surface area contributed by atoms with Crippen molar-refractivity contribution in [2.45, 2.75) is 45.4 Å². The lowest BCUT2D eigenvalue weighted by Gasteiger charge is -2.27. The lowest BCUT2D eigenvalue weighted by atomic mass is 9.78. The molecule has 31 heavy (non-hydrogen) atoms. The standard InChI is InChI=1S/C28H27F3/c1-3-5-18-7-9-19(10-8-18)20-11-13-21(14-12-20)24-16-15-22-17-23(6-4-2)26(29)28(31)25(22)27(24)30/h3-6,11-19H,7-10H2,1-2H3/b5-3+,6-4+. The second-order valence-corrected chi connectivity index (χ2v) is 8.38. The van der Waals surface area contributed by atoms with Crippen LogP contribution in [0.25, 0.3) is 28.0 Å².